The van der Waals surface area contributed by atoms with Gasteiger partial charge < -0.3 is 4.74 Å². The van der Waals surface area contributed by atoms with Crippen LogP contribution in [0, 0.1) is 5.82 Å². The molecule has 21 heavy (non-hydrogen) atoms. The number of benzene rings is 1. The molecule has 0 saturated heterocycles. The Kier molecular flexibility index (Phi) is 4.18. The van der Waals surface area contributed by atoms with Crippen molar-refractivity contribution in [1.82, 2.24) is 9.55 Å². The number of methoxy groups -OCH3 is 1. The molecule has 7 heteroatoms. The van der Waals surface area contributed by atoms with Gasteiger partial charge in [0.1, 0.15) is 16.7 Å². The molecule has 1 N–H and O–H groups in total. The number of hydrogen-bond donors (Lipinski definition) is 1. The van der Waals surface area contributed by atoms with Crippen LogP contribution < -0.4 is 16.0 Å². The van der Waals surface area contributed by atoms with Crippen LogP contribution in [0.2, 0.25) is 5.15 Å². The third-order valence-corrected chi connectivity index (χ3v) is 3.35. The number of nitrogens with one attached hydrogen (secondary N) is 1. The van der Waals surface area contributed by atoms with Gasteiger partial charge in [0.2, 0.25) is 0 Å². The second-order valence-corrected chi connectivity index (χ2v) is 5.15. The number of aromatic nitrogens is 2. The van der Waals surface area contributed by atoms with Crippen LogP contribution in [0.1, 0.15) is 25.3 Å². The first kappa shape index (κ1) is 15.3. The number of hydrogen-bond acceptors (Lipinski definition) is 3. The molecule has 1 heterocycles. The van der Waals surface area contributed by atoms with Crippen molar-refractivity contribution in [3.63, 3.8) is 0 Å². The minimum absolute atomic E-state index is 0.0114. The molecule has 0 fully saturated rings. The van der Waals surface area contributed by atoms with Gasteiger partial charge in [0.25, 0.3) is 5.56 Å². The molecule has 0 bridgehead atoms. The molecule has 0 radical (unpaired) electrons. The average molecular weight is 313 g/mol. The fraction of sp³-hybridized carbons (Fsp3) is 0.286. The molecule has 0 aliphatic heterocycles. The van der Waals surface area contributed by atoms with Crippen molar-refractivity contribution >= 4 is 11.6 Å². The fourth-order valence-electron chi connectivity index (χ4n) is 2.08. The minimum atomic E-state index is -0.709. The van der Waals surface area contributed by atoms with Crippen molar-refractivity contribution in [3.8, 4) is 11.4 Å². The first-order valence-corrected chi connectivity index (χ1v) is 6.63. The highest BCUT2D eigenvalue weighted by atomic mass is 35.5. The van der Waals surface area contributed by atoms with Crippen LogP contribution >= 0.6 is 11.6 Å². The highest BCUT2D eigenvalue weighted by molar-refractivity contribution is 6.30. The molecule has 2 aromatic rings. The van der Waals surface area contributed by atoms with Crippen molar-refractivity contribution in [2.24, 2.45) is 0 Å². The Balaban J connectivity index is 2.85. The maximum absolute atomic E-state index is 13.2. The lowest BCUT2D eigenvalue weighted by Gasteiger charge is -2.13. The quantitative estimate of drug-likeness (QED) is 0.885. The molecular formula is C14H14ClFN2O3. The van der Waals surface area contributed by atoms with E-state index >= 15 is 0 Å². The van der Waals surface area contributed by atoms with Gasteiger partial charge in [-0.1, -0.05) is 25.4 Å². The van der Waals surface area contributed by atoms with E-state index in [9.17, 15) is 14.0 Å². The summed E-state index contributed by atoms with van der Waals surface area (Å²) < 4.78 is 19.2. The van der Waals surface area contributed by atoms with Crippen molar-refractivity contribution in [3.05, 3.63) is 55.6 Å². The van der Waals surface area contributed by atoms with E-state index in [-0.39, 0.29) is 28.1 Å². The van der Waals surface area contributed by atoms with E-state index in [0.29, 0.717) is 0 Å². The lowest BCUT2D eigenvalue weighted by molar-refractivity contribution is 0.408. The van der Waals surface area contributed by atoms with Crippen LogP contribution in [0.5, 0.6) is 5.75 Å². The van der Waals surface area contributed by atoms with Crippen molar-refractivity contribution in [2.75, 3.05) is 7.11 Å². The summed E-state index contributed by atoms with van der Waals surface area (Å²) in [6, 6.07) is 3.56. The van der Waals surface area contributed by atoms with Gasteiger partial charge in [-0.05, 0) is 18.1 Å². The standard InChI is InChI=1S/C14H14ClFN2O3/c1-7(2)11-12(15)17-14(20)18(13(11)19)9-5-4-8(16)6-10(9)21-3/h4-7H,1-3H3,(H,17,20). The zero-order valence-corrected chi connectivity index (χ0v) is 12.5. The Morgan fingerprint density at radius 3 is 2.57 bits per heavy atom. The fourth-order valence-corrected chi connectivity index (χ4v) is 2.46. The van der Waals surface area contributed by atoms with Crippen molar-refractivity contribution < 1.29 is 9.13 Å². The molecule has 0 saturated carbocycles. The van der Waals surface area contributed by atoms with Gasteiger partial charge in [-0.2, -0.15) is 0 Å². The van der Waals surface area contributed by atoms with E-state index in [0.717, 1.165) is 16.7 Å². The Morgan fingerprint density at radius 2 is 2.00 bits per heavy atom. The summed E-state index contributed by atoms with van der Waals surface area (Å²) in [7, 11) is 1.33. The lowest BCUT2D eigenvalue weighted by atomic mass is 10.1. The molecule has 5 nitrogen and oxygen atoms in total. The molecule has 0 aliphatic rings. The number of ether oxygens (including phenoxy) is 1. The van der Waals surface area contributed by atoms with Crippen LogP contribution in [0.15, 0.2) is 27.8 Å². The zero-order valence-electron chi connectivity index (χ0n) is 11.7. The summed E-state index contributed by atoms with van der Waals surface area (Å²) in [5.41, 5.74) is -0.825. The van der Waals surface area contributed by atoms with E-state index in [1.54, 1.807) is 13.8 Å². The number of aromatic amines is 1. The number of nitrogens with zero attached hydrogens (tertiary/aromatic N) is 1. The highest BCUT2D eigenvalue weighted by Crippen LogP contribution is 2.23. The highest BCUT2D eigenvalue weighted by Gasteiger charge is 2.19. The first-order valence-electron chi connectivity index (χ1n) is 6.25. The van der Waals surface area contributed by atoms with Gasteiger partial charge in [-0.25, -0.2) is 13.8 Å². The summed E-state index contributed by atoms with van der Waals surface area (Å²) >= 11 is 5.93. The molecule has 0 unspecified atom stereocenters. The van der Waals surface area contributed by atoms with E-state index < -0.39 is 17.1 Å². The summed E-state index contributed by atoms with van der Waals surface area (Å²) in [6.45, 7) is 3.57. The van der Waals surface area contributed by atoms with Gasteiger partial charge in [0, 0.05) is 6.07 Å². The summed E-state index contributed by atoms with van der Waals surface area (Å²) in [5, 5.41) is 0.0114. The molecule has 0 aliphatic carbocycles. The summed E-state index contributed by atoms with van der Waals surface area (Å²) in [5.74, 6) is -0.628. The van der Waals surface area contributed by atoms with Crippen LogP contribution in [0.4, 0.5) is 4.39 Å². The topological polar surface area (TPSA) is 64.1 Å². The third-order valence-electron chi connectivity index (χ3n) is 3.05. The number of halogens is 2. The number of H-pyrrole nitrogens is 1. The molecule has 1 aromatic heterocycles. The monoisotopic (exact) mass is 312 g/mol. The predicted octanol–water partition coefficient (Wildman–Crippen LogP) is 2.45. The Morgan fingerprint density at radius 1 is 1.33 bits per heavy atom. The average Bonchev–Trinajstić information content (AvgIpc) is 2.39. The van der Waals surface area contributed by atoms with Crippen molar-refractivity contribution in [2.45, 2.75) is 19.8 Å². The zero-order chi connectivity index (χ0) is 15.7. The normalized spacial score (nSPS) is 11.0. The van der Waals surface area contributed by atoms with E-state index in [4.69, 9.17) is 16.3 Å². The van der Waals surface area contributed by atoms with Gasteiger partial charge >= 0.3 is 5.69 Å². The number of rotatable bonds is 3. The van der Waals surface area contributed by atoms with E-state index in [1.807, 2.05) is 0 Å². The van der Waals surface area contributed by atoms with Crippen LogP contribution in [0.25, 0.3) is 5.69 Å². The second-order valence-electron chi connectivity index (χ2n) is 4.77. The van der Waals surface area contributed by atoms with Crippen LogP contribution in [-0.4, -0.2) is 16.7 Å². The molecule has 2 rings (SSSR count). The first-order chi connectivity index (χ1) is 9.86. The smallest absolute Gasteiger partial charge is 0.334 e. The van der Waals surface area contributed by atoms with Gasteiger partial charge in [0.05, 0.1) is 18.4 Å². The Hall–Kier alpha value is -2.08. The molecule has 0 amide bonds. The second kappa shape index (κ2) is 5.73. The van der Waals surface area contributed by atoms with E-state index in [2.05, 4.69) is 4.98 Å². The lowest BCUT2D eigenvalue weighted by Crippen LogP contribution is -2.36. The minimum Gasteiger partial charge on any atom is -0.494 e. The van der Waals surface area contributed by atoms with E-state index in [1.165, 1.54) is 13.2 Å². The SMILES string of the molecule is COc1cc(F)ccc1-n1c(=O)[nH]c(Cl)c(C(C)C)c1=O. The summed E-state index contributed by atoms with van der Waals surface area (Å²) in [6.07, 6.45) is 0. The molecule has 0 spiro atoms. The molecule has 0 atom stereocenters. The largest absolute Gasteiger partial charge is 0.494 e. The molecular weight excluding hydrogens is 299 g/mol. The predicted molar refractivity (Wildman–Crippen MR) is 78.3 cm³/mol. The van der Waals surface area contributed by atoms with Gasteiger partial charge in [0.15, 0.2) is 0 Å². The maximum Gasteiger partial charge on any atom is 0.334 e. The third kappa shape index (κ3) is 2.71. The van der Waals surface area contributed by atoms with Crippen molar-refractivity contribution in [1.29, 1.82) is 0 Å². The Labute approximate surface area is 125 Å². The maximum atomic E-state index is 13.2. The Bertz CT molecular complexity index is 796. The molecule has 112 valence electrons. The van der Waals surface area contributed by atoms with Gasteiger partial charge in [-0.15, -0.1) is 0 Å². The summed E-state index contributed by atoms with van der Waals surface area (Å²) in [4.78, 5) is 27.0. The van der Waals surface area contributed by atoms with Gasteiger partial charge in [-0.3, -0.25) is 9.78 Å². The molecule has 1 aromatic carbocycles. The van der Waals surface area contributed by atoms with Crippen LogP contribution in [-0.2, 0) is 0 Å². The van der Waals surface area contributed by atoms with Crippen LogP contribution in [0.3, 0.4) is 0 Å².